The summed E-state index contributed by atoms with van der Waals surface area (Å²) in [5.41, 5.74) is -0.967. The number of ether oxygens (including phenoxy) is 2. The van der Waals surface area contributed by atoms with Crippen molar-refractivity contribution in [1.29, 1.82) is 0 Å². The maximum atomic E-state index is 13.1. The summed E-state index contributed by atoms with van der Waals surface area (Å²) in [6.07, 6.45) is 0. The highest BCUT2D eigenvalue weighted by molar-refractivity contribution is 6.30. The first-order chi connectivity index (χ1) is 12.7. The number of ketones is 2. The summed E-state index contributed by atoms with van der Waals surface area (Å²) in [6, 6.07) is 6.19. The Morgan fingerprint density at radius 3 is 2.00 bits per heavy atom. The number of fused-ring (bicyclic) bond motifs is 2. The van der Waals surface area contributed by atoms with E-state index < -0.39 is 29.5 Å². The van der Waals surface area contributed by atoms with E-state index in [1.807, 2.05) is 0 Å². The first-order valence-electron chi connectivity index (χ1n) is 7.71. The molecule has 27 heavy (non-hydrogen) atoms. The molecule has 136 valence electrons. The van der Waals surface area contributed by atoms with Crippen LogP contribution in [0.15, 0.2) is 30.3 Å². The number of carbonyl (C=O) groups excluding carboxylic acids is 4. The predicted molar refractivity (Wildman–Crippen MR) is 89.3 cm³/mol. The highest BCUT2D eigenvalue weighted by Gasteiger charge is 2.36. The van der Waals surface area contributed by atoms with E-state index in [4.69, 9.17) is 9.47 Å². The van der Waals surface area contributed by atoms with Crippen LogP contribution in [0.25, 0.3) is 0 Å². The third-order valence-corrected chi connectivity index (χ3v) is 3.83. The highest BCUT2D eigenvalue weighted by atomic mass is 16.6. The molecule has 0 fully saturated rings. The zero-order valence-corrected chi connectivity index (χ0v) is 14.2. The lowest BCUT2D eigenvalue weighted by molar-refractivity contribution is -0.132. The molecule has 1 N–H and O–H groups in total. The van der Waals surface area contributed by atoms with Gasteiger partial charge in [0.25, 0.3) is 0 Å². The summed E-state index contributed by atoms with van der Waals surface area (Å²) in [6.45, 7) is 2.22. The third kappa shape index (κ3) is 3.08. The Labute approximate surface area is 152 Å². The van der Waals surface area contributed by atoms with Gasteiger partial charge in [-0.05, 0) is 18.2 Å². The van der Waals surface area contributed by atoms with E-state index in [1.54, 1.807) is 0 Å². The van der Waals surface area contributed by atoms with Crippen molar-refractivity contribution < 1.29 is 38.6 Å². The van der Waals surface area contributed by atoms with Crippen molar-refractivity contribution in [3.05, 3.63) is 58.1 Å². The van der Waals surface area contributed by atoms with Crippen molar-refractivity contribution in [2.75, 3.05) is 0 Å². The lowest BCUT2D eigenvalue weighted by Crippen LogP contribution is -2.24. The molecule has 0 saturated carbocycles. The van der Waals surface area contributed by atoms with E-state index in [0.717, 1.165) is 26.0 Å². The highest BCUT2D eigenvalue weighted by Crippen LogP contribution is 2.38. The predicted octanol–water partition coefficient (Wildman–Crippen LogP) is 2.01. The number of hydrogen-bond acceptors (Lipinski definition) is 7. The fourth-order valence-corrected chi connectivity index (χ4v) is 2.85. The first-order valence-corrected chi connectivity index (χ1v) is 7.71. The van der Waals surface area contributed by atoms with Crippen LogP contribution in [0.2, 0.25) is 0 Å². The first kappa shape index (κ1) is 18.0. The Morgan fingerprint density at radius 1 is 0.815 bits per heavy atom. The largest absolute Gasteiger partial charge is 0.478 e. The Morgan fingerprint density at radius 2 is 1.41 bits per heavy atom. The molecule has 0 unspecified atom stereocenters. The Kier molecular flexibility index (Phi) is 4.32. The molecule has 1 aliphatic carbocycles. The van der Waals surface area contributed by atoms with Gasteiger partial charge in [-0.2, -0.15) is 0 Å². The summed E-state index contributed by atoms with van der Waals surface area (Å²) < 4.78 is 9.99. The average Bonchev–Trinajstić information content (AvgIpc) is 2.57. The molecule has 0 aliphatic heterocycles. The van der Waals surface area contributed by atoms with Crippen LogP contribution in [0.3, 0.4) is 0 Å². The fraction of sp³-hybridized carbons (Fsp3) is 0.105. The van der Waals surface area contributed by atoms with Crippen molar-refractivity contribution >= 4 is 29.5 Å². The molecule has 2 aromatic carbocycles. The average molecular weight is 374 g/mol. The zero-order valence-electron chi connectivity index (χ0n) is 14.2. The van der Waals surface area contributed by atoms with E-state index in [-0.39, 0.29) is 39.3 Å². The van der Waals surface area contributed by atoms with Gasteiger partial charge in [-0.1, -0.05) is 12.1 Å². The maximum absolute atomic E-state index is 13.1. The van der Waals surface area contributed by atoms with Crippen molar-refractivity contribution in [1.82, 2.24) is 0 Å². The van der Waals surface area contributed by atoms with Gasteiger partial charge < -0.3 is 14.6 Å². The molecule has 0 spiro atoms. The number of esters is 2. The SMILES string of the molecule is CC(=O)Oc1cc(C(=O)O)cc2c1C(=O)[13c]1[13c](OC(C)=O)[13cH][13cH][13cH][13c]1C2=O. The lowest BCUT2D eigenvalue weighted by Gasteiger charge is -2.21. The van der Waals surface area contributed by atoms with Gasteiger partial charge in [-0.25, -0.2) is 4.79 Å². The number of hydrogen-bond donors (Lipinski definition) is 1. The molecule has 3 rings (SSSR count). The van der Waals surface area contributed by atoms with Crippen LogP contribution in [0.5, 0.6) is 11.5 Å². The minimum absolute atomic E-state index is 0.0393. The summed E-state index contributed by atoms with van der Waals surface area (Å²) in [7, 11) is 0. The molecule has 0 amide bonds. The minimum Gasteiger partial charge on any atom is -0.478 e. The number of benzene rings is 2. The Hall–Kier alpha value is -3.81. The molecule has 0 heterocycles. The number of carboxylic acids is 1. The van der Waals surface area contributed by atoms with E-state index in [2.05, 4.69) is 0 Å². The molecule has 0 radical (unpaired) electrons. The van der Waals surface area contributed by atoms with Crippen LogP contribution >= 0.6 is 0 Å². The number of rotatable bonds is 3. The summed E-state index contributed by atoms with van der Waals surface area (Å²) in [5.74, 6) is -4.66. The molecular formula is C19H12O8. The van der Waals surface area contributed by atoms with Crippen LogP contribution < -0.4 is 9.47 Å². The second-order valence-electron chi connectivity index (χ2n) is 5.73. The lowest BCUT2D eigenvalue weighted by atomic mass is 9.97. The van der Waals surface area contributed by atoms with Crippen molar-refractivity contribution in [3.8, 4) is 11.5 Å². The fourth-order valence-electron chi connectivity index (χ4n) is 2.85. The molecule has 0 aromatic heterocycles. The second-order valence-corrected chi connectivity index (χ2v) is 5.73. The molecule has 0 atom stereocenters. The summed E-state index contributed by atoms with van der Waals surface area (Å²) in [5, 5.41) is 9.24. The molecule has 2 aromatic rings. The monoisotopic (exact) mass is 374 g/mol. The molecule has 1 aliphatic rings. The Balaban J connectivity index is 2.31. The standard InChI is InChI=1S/C19H12O8/c1-8(20)26-13-5-3-4-11-15(13)18(23)16-12(17(11)22)6-10(19(24)25)7-14(16)27-9(2)21/h3-7H,1-2H3,(H,24,25)/i3+1,4+1,5+1,11+1,13+1,15+1. The topological polar surface area (TPSA) is 124 Å². The van der Waals surface area contributed by atoms with E-state index in [1.165, 1.54) is 18.2 Å². The van der Waals surface area contributed by atoms with Gasteiger partial charge in [0.05, 0.1) is 16.7 Å². The molecule has 0 saturated heterocycles. The van der Waals surface area contributed by atoms with Gasteiger partial charge in [0.15, 0.2) is 5.78 Å². The van der Waals surface area contributed by atoms with Gasteiger partial charge in [0.2, 0.25) is 5.78 Å². The third-order valence-electron chi connectivity index (χ3n) is 3.83. The normalized spacial score (nSPS) is 12.1. The molecule has 8 heteroatoms. The molecule has 0 bridgehead atoms. The molecule has 8 nitrogen and oxygen atoms in total. The summed E-state index contributed by atoms with van der Waals surface area (Å²) >= 11 is 0. The van der Waals surface area contributed by atoms with E-state index in [9.17, 15) is 29.1 Å². The van der Waals surface area contributed by atoms with E-state index in [0.29, 0.717) is 0 Å². The number of aromatic carboxylic acids is 1. The maximum Gasteiger partial charge on any atom is 0.335 e. The van der Waals surface area contributed by atoms with Crippen LogP contribution in [-0.4, -0.2) is 34.6 Å². The van der Waals surface area contributed by atoms with Crippen molar-refractivity contribution in [2.24, 2.45) is 0 Å². The van der Waals surface area contributed by atoms with Crippen LogP contribution in [-0.2, 0) is 9.59 Å². The quantitative estimate of drug-likeness (QED) is 0.545. The van der Waals surface area contributed by atoms with Gasteiger partial charge in [0.1, 0.15) is 11.5 Å². The van der Waals surface area contributed by atoms with Crippen LogP contribution in [0.1, 0.15) is 56.0 Å². The van der Waals surface area contributed by atoms with Gasteiger partial charge >= 0.3 is 17.9 Å². The Bertz CT molecular complexity index is 1050. The van der Waals surface area contributed by atoms with Crippen LogP contribution in [0, 0.1) is 0 Å². The van der Waals surface area contributed by atoms with E-state index >= 15 is 0 Å². The van der Waals surface area contributed by atoms with Crippen molar-refractivity contribution in [3.63, 3.8) is 0 Å². The number of carboxylic acid groups (broad SMARTS) is 1. The minimum atomic E-state index is -1.36. The van der Waals surface area contributed by atoms with Gasteiger partial charge in [0, 0.05) is 25.0 Å². The van der Waals surface area contributed by atoms with Gasteiger partial charge in [-0.3, -0.25) is 19.2 Å². The smallest absolute Gasteiger partial charge is 0.335 e. The number of carbonyl (C=O) groups is 5. The summed E-state index contributed by atoms with van der Waals surface area (Å²) in [4.78, 5) is 60.0. The molecular weight excluding hydrogens is 362 g/mol. The van der Waals surface area contributed by atoms with Crippen LogP contribution in [0.4, 0.5) is 0 Å². The zero-order chi connectivity index (χ0) is 19.9. The van der Waals surface area contributed by atoms with Crippen molar-refractivity contribution in [2.45, 2.75) is 13.8 Å². The second kappa shape index (κ2) is 6.49. The van der Waals surface area contributed by atoms with Gasteiger partial charge in [-0.15, -0.1) is 0 Å².